The average molecular weight is 318 g/mol. The maximum absolute atomic E-state index is 9.21. The van der Waals surface area contributed by atoms with Gasteiger partial charge in [0, 0.05) is 24.5 Å². The summed E-state index contributed by atoms with van der Waals surface area (Å²) in [4.78, 5) is 8.45. The zero-order valence-electron chi connectivity index (χ0n) is 14.7. The number of anilines is 2. The number of aliphatic imine (C=N–C) groups is 1. The minimum absolute atomic E-state index is 0.708. The van der Waals surface area contributed by atoms with Gasteiger partial charge in [0.25, 0.3) is 0 Å². The Labute approximate surface area is 143 Å². The zero-order valence-corrected chi connectivity index (χ0v) is 14.7. The molecule has 0 aromatic heterocycles. The molecule has 3 rings (SSSR count). The summed E-state index contributed by atoms with van der Waals surface area (Å²) in [5, 5.41) is 9.21. The molecular formula is C20H22N4. The molecule has 1 saturated heterocycles. The summed E-state index contributed by atoms with van der Waals surface area (Å²) in [5.74, 6) is 0.708. The van der Waals surface area contributed by atoms with E-state index >= 15 is 0 Å². The standard InChI is InChI=1S/C20H22N4/c1-14-7-5-9-18(16(14)3)23-11-12-24(20(23)22-13-21)19-10-6-8-15(2)17(19)4/h5-10H,11-12H2,1-4H3. The second-order valence-corrected chi connectivity index (χ2v) is 6.25. The Morgan fingerprint density at radius 3 is 1.71 bits per heavy atom. The van der Waals surface area contributed by atoms with Gasteiger partial charge < -0.3 is 9.80 Å². The number of nitrogens with zero attached hydrogens (tertiary/aromatic N) is 4. The normalized spacial score (nSPS) is 14.0. The maximum atomic E-state index is 9.21. The van der Waals surface area contributed by atoms with E-state index in [0.29, 0.717) is 5.96 Å². The fourth-order valence-electron chi connectivity index (χ4n) is 3.22. The first kappa shape index (κ1) is 16.1. The molecule has 122 valence electrons. The molecular weight excluding hydrogens is 296 g/mol. The number of guanidine groups is 1. The Kier molecular flexibility index (Phi) is 4.26. The summed E-state index contributed by atoms with van der Waals surface area (Å²) >= 11 is 0. The number of hydrogen-bond acceptors (Lipinski definition) is 2. The Balaban J connectivity index is 2.07. The smallest absolute Gasteiger partial charge is 0.221 e. The Morgan fingerprint density at radius 2 is 1.29 bits per heavy atom. The zero-order chi connectivity index (χ0) is 17.3. The van der Waals surface area contributed by atoms with E-state index in [0.717, 1.165) is 24.5 Å². The lowest BCUT2D eigenvalue weighted by Crippen LogP contribution is -2.34. The Bertz CT molecular complexity index is 784. The average Bonchev–Trinajstić information content (AvgIpc) is 2.96. The molecule has 0 N–H and O–H groups in total. The summed E-state index contributed by atoms with van der Waals surface area (Å²) in [5.41, 5.74) is 7.19. The monoisotopic (exact) mass is 318 g/mol. The predicted molar refractivity (Wildman–Crippen MR) is 99.6 cm³/mol. The van der Waals surface area contributed by atoms with E-state index in [-0.39, 0.29) is 0 Å². The maximum Gasteiger partial charge on any atom is 0.221 e. The van der Waals surface area contributed by atoms with Crippen LogP contribution < -0.4 is 9.80 Å². The van der Waals surface area contributed by atoms with Crippen LogP contribution in [0.1, 0.15) is 22.3 Å². The molecule has 1 aliphatic rings. The summed E-state index contributed by atoms with van der Waals surface area (Å²) in [7, 11) is 0. The van der Waals surface area contributed by atoms with Gasteiger partial charge in [0.1, 0.15) is 0 Å². The van der Waals surface area contributed by atoms with Crippen LogP contribution in [0.25, 0.3) is 0 Å². The molecule has 0 unspecified atom stereocenters. The Hall–Kier alpha value is -2.80. The molecule has 0 bridgehead atoms. The molecule has 0 saturated carbocycles. The molecule has 1 aliphatic heterocycles. The van der Waals surface area contributed by atoms with Gasteiger partial charge >= 0.3 is 0 Å². The van der Waals surface area contributed by atoms with Gasteiger partial charge in [-0.2, -0.15) is 5.26 Å². The second-order valence-electron chi connectivity index (χ2n) is 6.25. The third kappa shape index (κ3) is 2.63. The van der Waals surface area contributed by atoms with Crippen LogP contribution in [-0.2, 0) is 0 Å². The topological polar surface area (TPSA) is 42.6 Å². The van der Waals surface area contributed by atoms with Gasteiger partial charge in [0.15, 0.2) is 0 Å². The van der Waals surface area contributed by atoms with Gasteiger partial charge in [-0.3, -0.25) is 0 Å². The van der Waals surface area contributed by atoms with Crippen LogP contribution in [0, 0.1) is 39.1 Å². The lowest BCUT2D eigenvalue weighted by Gasteiger charge is -2.25. The van der Waals surface area contributed by atoms with Crippen molar-refractivity contribution in [3.05, 3.63) is 58.7 Å². The van der Waals surface area contributed by atoms with Crippen LogP contribution in [0.15, 0.2) is 41.4 Å². The Morgan fingerprint density at radius 1 is 0.833 bits per heavy atom. The quantitative estimate of drug-likeness (QED) is 0.783. The van der Waals surface area contributed by atoms with Crippen molar-refractivity contribution >= 4 is 17.3 Å². The molecule has 2 aromatic carbocycles. The van der Waals surface area contributed by atoms with Crippen LogP contribution in [0.5, 0.6) is 0 Å². The molecule has 4 nitrogen and oxygen atoms in total. The highest BCUT2D eigenvalue weighted by molar-refractivity contribution is 6.10. The van der Waals surface area contributed by atoms with E-state index in [9.17, 15) is 5.26 Å². The van der Waals surface area contributed by atoms with E-state index < -0.39 is 0 Å². The van der Waals surface area contributed by atoms with Gasteiger partial charge in [-0.05, 0) is 62.1 Å². The highest BCUT2D eigenvalue weighted by Crippen LogP contribution is 2.31. The van der Waals surface area contributed by atoms with Gasteiger partial charge in [0.05, 0.1) is 0 Å². The van der Waals surface area contributed by atoms with Crippen molar-refractivity contribution in [2.75, 3.05) is 22.9 Å². The van der Waals surface area contributed by atoms with Crippen LogP contribution in [0.4, 0.5) is 11.4 Å². The fraction of sp³-hybridized carbons (Fsp3) is 0.300. The number of rotatable bonds is 2. The van der Waals surface area contributed by atoms with Crippen molar-refractivity contribution in [2.45, 2.75) is 27.7 Å². The summed E-state index contributed by atoms with van der Waals surface area (Å²) < 4.78 is 0. The minimum atomic E-state index is 0.708. The summed E-state index contributed by atoms with van der Waals surface area (Å²) in [6.07, 6.45) is 1.98. The first-order valence-electron chi connectivity index (χ1n) is 8.19. The first-order valence-corrected chi connectivity index (χ1v) is 8.19. The van der Waals surface area contributed by atoms with Gasteiger partial charge in [-0.1, -0.05) is 24.3 Å². The third-order valence-corrected chi connectivity index (χ3v) is 4.91. The van der Waals surface area contributed by atoms with Crippen molar-refractivity contribution in [2.24, 2.45) is 4.99 Å². The second kappa shape index (κ2) is 6.37. The first-order chi connectivity index (χ1) is 11.5. The van der Waals surface area contributed by atoms with Gasteiger partial charge in [-0.15, -0.1) is 4.99 Å². The van der Waals surface area contributed by atoms with Crippen LogP contribution >= 0.6 is 0 Å². The van der Waals surface area contributed by atoms with E-state index in [2.05, 4.69) is 78.9 Å². The molecule has 0 radical (unpaired) electrons. The molecule has 2 aromatic rings. The summed E-state index contributed by atoms with van der Waals surface area (Å²) in [6, 6.07) is 12.5. The van der Waals surface area contributed by atoms with Crippen LogP contribution in [0.3, 0.4) is 0 Å². The molecule has 0 atom stereocenters. The molecule has 1 fully saturated rings. The number of benzene rings is 2. The molecule has 0 aliphatic carbocycles. The minimum Gasteiger partial charge on any atom is -0.309 e. The number of nitriles is 1. The molecule has 4 heteroatoms. The molecule has 1 heterocycles. The molecule has 24 heavy (non-hydrogen) atoms. The van der Waals surface area contributed by atoms with Crippen LogP contribution in [0.2, 0.25) is 0 Å². The van der Waals surface area contributed by atoms with E-state index in [1.165, 1.54) is 22.3 Å². The van der Waals surface area contributed by atoms with Crippen molar-refractivity contribution < 1.29 is 0 Å². The molecule has 0 amide bonds. The van der Waals surface area contributed by atoms with Crippen molar-refractivity contribution in [1.29, 1.82) is 5.26 Å². The highest BCUT2D eigenvalue weighted by Gasteiger charge is 2.30. The third-order valence-electron chi connectivity index (χ3n) is 4.91. The van der Waals surface area contributed by atoms with Gasteiger partial charge in [0.2, 0.25) is 12.2 Å². The molecule has 0 spiro atoms. The predicted octanol–water partition coefficient (Wildman–Crippen LogP) is 4.08. The highest BCUT2D eigenvalue weighted by atomic mass is 15.4. The van der Waals surface area contributed by atoms with E-state index in [1.54, 1.807) is 0 Å². The SMILES string of the molecule is Cc1cccc(N2CCN(c3cccc(C)c3C)C2=NC#N)c1C. The number of aryl methyl sites for hydroxylation is 2. The van der Waals surface area contributed by atoms with Gasteiger partial charge in [-0.25, -0.2) is 0 Å². The lowest BCUT2D eigenvalue weighted by molar-refractivity contribution is 1.01. The number of hydrogen-bond donors (Lipinski definition) is 0. The van der Waals surface area contributed by atoms with E-state index in [1.807, 2.05) is 6.19 Å². The van der Waals surface area contributed by atoms with Crippen LogP contribution in [-0.4, -0.2) is 19.0 Å². The summed E-state index contributed by atoms with van der Waals surface area (Å²) in [6.45, 7) is 10.1. The van der Waals surface area contributed by atoms with Crippen molar-refractivity contribution in [1.82, 2.24) is 0 Å². The fourth-order valence-corrected chi connectivity index (χ4v) is 3.22. The lowest BCUT2D eigenvalue weighted by atomic mass is 10.1. The van der Waals surface area contributed by atoms with Crippen molar-refractivity contribution in [3.63, 3.8) is 0 Å². The van der Waals surface area contributed by atoms with E-state index in [4.69, 9.17) is 0 Å². The largest absolute Gasteiger partial charge is 0.309 e. The van der Waals surface area contributed by atoms with Crippen molar-refractivity contribution in [3.8, 4) is 6.19 Å².